The van der Waals surface area contributed by atoms with Gasteiger partial charge in [0, 0.05) is 12.6 Å². The van der Waals surface area contributed by atoms with Crippen LogP contribution in [0.25, 0.3) is 0 Å². The van der Waals surface area contributed by atoms with Gasteiger partial charge in [-0.2, -0.15) is 0 Å². The van der Waals surface area contributed by atoms with Gasteiger partial charge in [-0.15, -0.1) is 0 Å². The van der Waals surface area contributed by atoms with Crippen LogP contribution in [0.2, 0.25) is 0 Å². The van der Waals surface area contributed by atoms with Crippen LogP contribution < -0.4 is 5.32 Å². The Hall–Kier alpha value is -0.0900. The topological polar surface area (TPSA) is 46.2 Å². The molecule has 1 aliphatic carbocycles. The minimum Gasteiger partial charge on any atom is -0.312 e. The van der Waals surface area contributed by atoms with Gasteiger partial charge in [-0.25, -0.2) is 8.42 Å². The minimum atomic E-state index is -2.78. The van der Waals surface area contributed by atoms with E-state index in [-0.39, 0.29) is 11.3 Å². The fourth-order valence-electron chi connectivity index (χ4n) is 2.00. The fourth-order valence-corrected chi connectivity index (χ4v) is 3.68. The minimum absolute atomic E-state index is 0.190. The van der Waals surface area contributed by atoms with Gasteiger partial charge in [0.2, 0.25) is 0 Å². The van der Waals surface area contributed by atoms with Gasteiger partial charge < -0.3 is 5.32 Å². The van der Waals surface area contributed by atoms with E-state index in [0.29, 0.717) is 11.2 Å². The molecule has 1 N–H and O–H groups in total. The van der Waals surface area contributed by atoms with Crippen molar-refractivity contribution in [2.45, 2.75) is 44.4 Å². The second-order valence-corrected chi connectivity index (χ2v) is 7.64. The van der Waals surface area contributed by atoms with Crippen molar-refractivity contribution in [3.05, 3.63) is 0 Å². The normalized spacial score (nSPS) is 38.4. The Kier molecular flexibility index (Phi) is 2.39. The molecule has 0 aromatic carbocycles. The monoisotopic (exact) mass is 217 g/mol. The largest absolute Gasteiger partial charge is 0.312 e. The summed E-state index contributed by atoms with van der Waals surface area (Å²) in [6.45, 7) is 5.07. The molecule has 3 nitrogen and oxygen atoms in total. The maximum absolute atomic E-state index is 11.5. The van der Waals surface area contributed by atoms with E-state index in [1.54, 1.807) is 0 Å². The molecule has 82 valence electrons. The van der Waals surface area contributed by atoms with Gasteiger partial charge in [0.15, 0.2) is 9.84 Å². The first-order valence-electron chi connectivity index (χ1n) is 5.38. The van der Waals surface area contributed by atoms with E-state index < -0.39 is 9.84 Å². The zero-order chi connectivity index (χ0) is 10.4. The first-order chi connectivity index (χ1) is 6.43. The SMILES string of the molecule is CC1C(NCC2(C)CC2)CCS1(=O)=O. The van der Waals surface area contributed by atoms with Crippen molar-refractivity contribution in [3.63, 3.8) is 0 Å². The van der Waals surface area contributed by atoms with Crippen LogP contribution in [0.3, 0.4) is 0 Å². The number of nitrogens with one attached hydrogen (secondary N) is 1. The molecule has 0 bridgehead atoms. The van der Waals surface area contributed by atoms with Crippen molar-refractivity contribution in [2.24, 2.45) is 5.41 Å². The lowest BCUT2D eigenvalue weighted by atomic mass is 10.1. The van der Waals surface area contributed by atoms with Crippen LogP contribution in [0.15, 0.2) is 0 Å². The van der Waals surface area contributed by atoms with Crippen LogP contribution >= 0.6 is 0 Å². The van der Waals surface area contributed by atoms with Crippen molar-refractivity contribution >= 4 is 9.84 Å². The summed E-state index contributed by atoms with van der Waals surface area (Å²) < 4.78 is 22.9. The molecular weight excluding hydrogens is 198 g/mol. The molecule has 4 heteroatoms. The zero-order valence-electron chi connectivity index (χ0n) is 8.91. The summed E-state index contributed by atoms with van der Waals surface area (Å²) in [6.07, 6.45) is 3.36. The van der Waals surface area contributed by atoms with Crippen LogP contribution in [0.5, 0.6) is 0 Å². The highest BCUT2D eigenvalue weighted by Gasteiger charge is 2.41. The Bertz CT molecular complexity index is 319. The average molecular weight is 217 g/mol. The van der Waals surface area contributed by atoms with E-state index in [1.165, 1.54) is 12.8 Å². The van der Waals surface area contributed by atoms with Crippen molar-refractivity contribution in [1.29, 1.82) is 0 Å². The molecule has 1 heterocycles. The smallest absolute Gasteiger partial charge is 0.154 e. The molecular formula is C10H19NO2S. The third-order valence-corrected chi connectivity index (χ3v) is 6.01. The van der Waals surface area contributed by atoms with Gasteiger partial charge in [-0.05, 0) is 31.6 Å². The molecule has 1 saturated carbocycles. The van der Waals surface area contributed by atoms with E-state index in [1.807, 2.05) is 6.92 Å². The summed E-state index contributed by atoms with van der Waals surface area (Å²) in [5.41, 5.74) is 0.464. The van der Waals surface area contributed by atoms with Gasteiger partial charge in [0.05, 0.1) is 11.0 Å². The molecule has 2 unspecified atom stereocenters. The van der Waals surface area contributed by atoms with E-state index in [0.717, 1.165) is 13.0 Å². The third-order valence-electron chi connectivity index (χ3n) is 3.74. The first-order valence-corrected chi connectivity index (χ1v) is 7.09. The molecule has 1 aliphatic heterocycles. The lowest BCUT2D eigenvalue weighted by molar-refractivity contribution is 0.430. The van der Waals surface area contributed by atoms with Gasteiger partial charge >= 0.3 is 0 Å². The quantitative estimate of drug-likeness (QED) is 0.765. The second-order valence-electron chi connectivity index (χ2n) is 5.16. The summed E-state index contributed by atoms with van der Waals surface area (Å²) >= 11 is 0. The van der Waals surface area contributed by atoms with Crippen LogP contribution in [0.1, 0.15) is 33.1 Å². The molecule has 2 aliphatic rings. The van der Waals surface area contributed by atoms with Gasteiger partial charge in [0.1, 0.15) is 0 Å². The predicted octanol–water partition coefficient (Wildman–Crippen LogP) is 0.952. The Morgan fingerprint density at radius 1 is 1.43 bits per heavy atom. The molecule has 0 aromatic rings. The van der Waals surface area contributed by atoms with Crippen LogP contribution in [0, 0.1) is 5.41 Å². The summed E-state index contributed by atoms with van der Waals surface area (Å²) in [5.74, 6) is 0.364. The fraction of sp³-hybridized carbons (Fsp3) is 1.00. The lowest BCUT2D eigenvalue weighted by Crippen LogP contribution is -2.39. The van der Waals surface area contributed by atoms with Crippen LogP contribution in [0.4, 0.5) is 0 Å². The van der Waals surface area contributed by atoms with Crippen molar-refractivity contribution in [2.75, 3.05) is 12.3 Å². The van der Waals surface area contributed by atoms with E-state index >= 15 is 0 Å². The number of hydrogen-bond donors (Lipinski definition) is 1. The Morgan fingerprint density at radius 3 is 2.50 bits per heavy atom. The average Bonchev–Trinajstić information content (AvgIpc) is 2.77. The molecule has 0 aromatic heterocycles. The Morgan fingerprint density at radius 2 is 2.07 bits per heavy atom. The number of rotatable bonds is 3. The second kappa shape index (κ2) is 3.20. The molecule has 14 heavy (non-hydrogen) atoms. The van der Waals surface area contributed by atoms with Crippen molar-refractivity contribution in [3.8, 4) is 0 Å². The number of sulfone groups is 1. The lowest BCUT2D eigenvalue weighted by Gasteiger charge is -2.18. The first kappa shape index (κ1) is 10.4. The highest BCUT2D eigenvalue weighted by atomic mass is 32.2. The van der Waals surface area contributed by atoms with Crippen molar-refractivity contribution < 1.29 is 8.42 Å². The third kappa shape index (κ3) is 1.96. The molecule has 0 amide bonds. The zero-order valence-corrected chi connectivity index (χ0v) is 9.73. The van der Waals surface area contributed by atoms with Crippen molar-refractivity contribution in [1.82, 2.24) is 5.32 Å². The molecule has 1 saturated heterocycles. The highest BCUT2D eigenvalue weighted by molar-refractivity contribution is 7.92. The van der Waals surface area contributed by atoms with E-state index in [9.17, 15) is 8.42 Å². The standard InChI is InChI=1S/C10H19NO2S/c1-8-9(3-6-14(8,12)13)11-7-10(2)4-5-10/h8-9,11H,3-7H2,1-2H3. The summed E-state index contributed by atoms with van der Waals surface area (Å²) in [5, 5.41) is 3.22. The predicted molar refractivity (Wildman–Crippen MR) is 57.0 cm³/mol. The summed E-state index contributed by atoms with van der Waals surface area (Å²) in [7, 11) is -2.78. The highest BCUT2D eigenvalue weighted by Crippen LogP contribution is 2.44. The maximum atomic E-state index is 11.5. The molecule has 2 fully saturated rings. The molecule has 0 radical (unpaired) electrons. The maximum Gasteiger partial charge on any atom is 0.154 e. The van der Waals surface area contributed by atoms with Gasteiger partial charge in [-0.3, -0.25) is 0 Å². The molecule has 2 atom stereocenters. The Labute approximate surface area is 86.2 Å². The van der Waals surface area contributed by atoms with Crippen LogP contribution in [-0.2, 0) is 9.84 Å². The van der Waals surface area contributed by atoms with E-state index in [2.05, 4.69) is 12.2 Å². The Balaban J connectivity index is 1.88. The van der Waals surface area contributed by atoms with E-state index in [4.69, 9.17) is 0 Å². The summed E-state index contributed by atoms with van der Waals surface area (Å²) in [4.78, 5) is 0. The molecule has 2 rings (SSSR count). The number of hydrogen-bond acceptors (Lipinski definition) is 3. The van der Waals surface area contributed by atoms with Gasteiger partial charge in [-0.1, -0.05) is 6.92 Å². The molecule has 0 spiro atoms. The van der Waals surface area contributed by atoms with Crippen LogP contribution in [-0.4, -0.2) is 32.0 Å². The summed E-state index contributed by atoms with van der Waals surface area (Å²) in [6, 6.07) is 0.192. The van der Waals surface area contributed by atoms with Gasteiger partial charge in [0.25, 0.3) is 0 Å².